The summed E-state index contributed by atoms with van der Waals surface area (Å²) in [5.74, 6) is 3.46. The first kappa shape index (κ1) is 23.4. The van der Waals surface area contributed by atoms with E-state index in [1.54, 1.807) is 0 Å². The molecule has 2 nitrogen and oxygen atoms in total. The highest BCUT2D eigenvalue weighted by atomic mass is 16.3. The quantitative estimate of drug-likeness (QED) is 0.429. The molecule has 0 aromatic rings. The molecule has 5 rings (SSSR count). The van der Waals surface area contributed by atoms with Crippen molar-refractivity contribution in [1.82, 2.24) is 0 Å². The molecule has 5 fully saturated rings. The van der Waals surface area contributed by atoms with Crippen LogP contribution in [-0.2, 0) is 0 Å². The Balaban J connectivity index is 1.55. The lowest BCUT2D eigenvalue weighted by Gasteiger charge is -2.73. The maximum absolute atomic E-state index is 11.0. The summed E-state index contributed by atoms with van der Waals surface area (Å²) in [7, 11) is 0. The van der Waals surface area contributed by atoms with Gasteiger partial charge in [-0.15, -0.1) is 0 Å². The van der Waals surface area contributed by atoms with Gasteiger partial charge >= 0.3 is 0 Å². The Morgan fingerprint density at radius 2 is 1.47 bits per heavy atom. The monoisotopic (exact) mass is 442 g/mol. The van der Waals surface area contributed by atoms with E-state index in [2.05, 4.69) is 55.0 Å². The van der Waals surface area contributed by atoms with E-state index in [4.69, 9.17) is 0 Å². The van der Waals surface area contributed by atoms with Crippen molar-refractivity contribution in [3.05, 3.63) is 12.2 Å². The van der Waals surface area contributed by atoms with Crippen LogP contribution in [0.15, 0.2) is 12.2 Å². The van der Waals surface area contributed by atoms with E-state index in [0.717, 1.165) is 18.3 Å². The Labute approximate surface area is 197 Å². The Kier molecular flexibility index (Phi) is 5.02. The highest BCUT2D eigenvalue weighted by Crippen LogP contribution is 2.77. The Morgan fingerprint density at radius 3 is 2.12 bits per heavy atom. The number of rotatable bonds is 1. The lowest BCUT2D eigenvalue weighted by atomic mass is 9.32. The lowest BCUT2D eigenvalue weighted by Crippen LogP contribution is -2.68. The zero-order chi connectivity index (χ0) is 23.5. The summed E-state index contributed by atoms with van der Waals surface area (Å²) in [6.07, 6.45) is 10.2. The fraction of sp³-hybridized carbons (Fsp3) is 0.933. The Bertz CT molecular complexity index is 801. The minimum absolute atomic E-state index is 0.118. The molecule has 0 aromatic carbocycles. The van der Waals surface area contributed by atoms with E-state index in [-0.39, 0.29) is 10.8 Å². The van der Waals surface area contributed by atoms with Crippen molar-refractivity contribution in [3.63, 3.8) is 0 Å². The van der Waals surface area contributed by atoms with E-state index in [1.165, 1.54) is 56.9 Å². The molecule has 0 radical (unpaired) electrons. The van der Waals surface area contributed by atoms with E-state index in [0.29, 0.717) is 34.0 Å². The number of hydrogen-bond donors (Lipinski definition) is 2. The summed E-state index contributed by atoms with van der Waals surface area (Å²) >= 11 is 0. The van der Waals surface area contributed by atoms with Gasteiger partial charge in [-0.25, -0.2) is 0 Å². The van der Waals surface area contributed by atoms with Crippen molar-refractivity contribution in [2.24, 2.45) is 56.7 Å². The standard InChI is InChI=1S/C30H50O2/c1-18(2)19-11-13-27(5)15-16-29(7)20(24(19)27)9-10-23-28(6)17-21(31)25(32)26(3,4)22(28)12-14-30(23,29)8/h19-25,31-32H,1,9-17H2,2-8H3/t19?,20?,21?,22?,23?,24?,25?,27-,28+,29-,30-/m1/s1. The summed E-state index contributed by atoms with van der Waals surface area (Å²) in [6, 6.07) is 0. The molecule has 0 aromatic heterocycles. The first-order valence-electron chi connectivity index (χ1n) is 13.7. The van der Waals surface area contributed by atoms with Crippen LogP contribution in [0.1, 0.15) is 106 Å². The van der Waals surface area contributed by atoms with Gasteiger partial charge in [-0.05, 0) is 121 Å². The third-order valence-electron chi connectivity index (χ3n) is 13.4. The van der Waals surface area contributed by atoms with Gasteiger partial charge in [0.2, 0.25) is 0 Å². The molecular formula is C30H50O2. The predicted octanol–water partition coefficient (Wildman–Crippen LogP) is 7.00. The van der Waals surface area contributed by atoms with Crippen LogP contribution < -0.4 is 0 Å². The van der Waals surface area contributed by atoms with Gasteiger partial charge in [-0.3, -0.25) is 0 Å². The van der Waals surface area contributed by atoms with Crippen molar-refractivity contribution >= 4 is 0 Å². The fourth-order valence-electron chi connectivity index (χ4n) is 11.6. The third-order valence-corrected chi connectivity index (χ3v) is 13.4. The molecule has 7 unspecified atom stereocenters. The maximum Gasteiger partial charge on any atom is 0.0852 e. The van der Waals surface area contributed by atoms with Gasteiger partial charge in [0.15, 0.2) is 0 Å². The zero-order valence-electron chi connectivity index (χ0n) is 22.0. The van der Waals surface area contributed by atoms with Crippen molar-refractivity contribution < 1.29 is 10.2 Å². The summed E-state index contributed by atoms with van der Waals surface area (Å²) in [4.78, 5) is 0. The number of aliphatic hydroxyl groups is 2. The maximum atomic E-state index is 11.0. The predicted molar refractivity (Wildman–Crippen MR) is 132 cm³/mol. The molecule has 32 heavy (non-hydrogen) atoms. The summed E-state index contributed by atoms with van der Waals surface area (Å²) < 4.78 is 0. The molecule has 0 bridgehead atoms. The molecule has 11 atom stereocenters. The number of allylic oxidation sites excluding steroid dienone is 1. The molecule has 182 valence electrons. The second-order valence-corrected chi connectivity index (χ2v) is 14.9. The van der Waals surface area contributed by atoms with Gasteiger partial charge in [-0.2, -0.15) is 0 Å². The van der Waals surface area contributed by atoms with E-state index in [9.17, 15) is 10.2 Å². The molecule has 0 saturated heterocycles. The topological polar surface area (TPSA) is 40.5 Å². The Morgan fingerprint density at radius 1 is 0.781 bits per heavy atom. The van der Waals surface area contributed by atoms with E-state index >= 15 is 0 Å². The van der Waals surface area contributed by atoms with Gasteiger partial charge in [0.25, 0.3) is 0 Å². The molecule has 2 N–H and O–H groups in total. The molecular weight excluding hydrogens is 392 g/mol. The van der Waals surface area contributed by atoms with Crippen LogP contribution in [0.4, 0.5) is 0 Å². The highest BCUT2D eigenvalue weighted by molar-refractivity contribution is 5.21. The van der Waals surface area contributed by atoms with E-state index in [1.807, 2.05) is 0 Å². The molecule has 0 amide bonds. The number of fused-ring (bicyclic) bond motifs is 7. The highest BCUT2D eigenvalue weighted by Gasteiger charge is 2.70. The van der Waals surface area contributed by atoms with Gasteiger partial charge in [0, 0.05) is 0 Å². The second-order valence-electron chi connectivity index (χ2n) is 14.9. The van der Waals surface area contributed by atoms with Crippen molar-refractivity contribution in [1.29, 1.82) is 0 Å². The largest absolute Gasteiger partial charge is 0.390 e. The SMILES string of the molecule is C=C(C)C1CC[C@]2(C)CC[C@]3(C)C(CCC4[C@@]5(C)CC(O)C(O)C(C)(C)C5CC[C@]43C)C12. The summed E-state index contributed by atoms with van der Waals surface area (Å²) in [5.41, 5.74) is 2.53. The molecule has 5 saturated carbocycles. The lowest BCUT2D eigenvalue weighted by molar-refractivity contribution is -0.262. The third kappa shape index (κ3) is 2.66. The zero-order valence-corrected chi connectivity index (χ0v) is 22.0. The number of hydrogen-bond acceptors (Lipinski definition) is 2. The van der Waals surface area contributed by atoms with Gasteiger partial charge in [0.05, 0.1) is 12.2 Å². The van der Waals surface area contributed by atoms with Crippen LogP contribution in [-0.4, -0.2) is 22.4 Å². The summed E-state index contributed by atoms with van der Waals surface area (Å²) in [5, 5.41) is 21.9. The van der Waals surface area contributed by atoms with Crippen molar-refractivity contribution in [2.45, 2.75) is 118 Å². The average Bonchev–Trinajstić information content (AvgIpc) is 3.05. The minimum Gasteiger partial charge on any atom is -0.390 e. The van der Waals surface area contributed by atoms with Crippen LogP contribution in [0.2, 0.25) is 0 Å². The van der Waals surface area contributed by atoms with Crippen LogP contribution in [0.3, 0.4) is 0 Å². The van der Waals surface area contributed by atoms with Crippen molar-refractivity contribution in [2.75, 3.05) is 0 Å². The molecule has 2 heteroatoms. The molecule has 0 spiro atoms. The Hall–Kier alpha value is -0.340. The van der Waals surface area contributed by atoms with Crippen LogP contribution in [0, 0.1) is 56.7 Å². The van der Waals surface area contributed by atoms with Crippen LogP contribution in [0.5, 0.6) is 0 Å². The number of aliphatic hydroxyl groups excluding tert-OH is 2. The first-order chi connectivity index (χ1) is 14.7. The van der Waals surface area contributed by atoms with Crippen molar-refractivity contribution in [3.8, 4) is 0 Å². The first-order valence-corrected chi connectivity index (χ1v) is 13.7. The summed E-state index contributed by atoms with van der Waals surface area (Å²) in [6.45, 7) is 21.6. The minimum atomic E-state index is -0.595. The molecule has 5 aliphatic carbocycles. The van der Waals surface area contributed by atoms with E-state index < -0.39 is 12.2 Å². The van der Waals surface area contributed by atoms with Gasteiger partial charge in [0.1, 0.15) is 0 Å². The molecule has 0 aliphatic heterocycles. The van der Waals surface area contributed by atoms with Crippen LogP contribution >= 0.6 is 0 Å². The normalized spacial score (nSPS) is 58.8. The second kappa shape index (κ2) is 6.87. The average molecular weight is 443 g/mol. The van der Waals surface area contributed by atoms with Gasteiger partial charge < -0.3 is 10.2 Å². The van der Waals surface area contributed by atoms with Gasteiger partial charge in [-0.1, -0.05) is 53.7 Å². The molecule has 0 heterocycles. The van der Waals surface area contributed by atoms with Crippen LogP contribution in [0.25, 0.3) is 0 Å². The fourth-order valence-corrected chi connectivity index (χ4v) is 11.6. The molecule has 5 aliphatic rings. The smallest absolute Gasteiger partial charge is 0.0852 e.